The van der Waals surface area contributed by atoms with Crippen molar-refractivity contribution in [3.05, 3.63) is 23.3 Å². The van der Waals surface area contributed by atoms with E-state index in [2.05, 4.69) is 32.9 Å². The van der Waals surface area contributed by atoms with Gasteiger partial charge in [-0.25, -0.2) is 0 Å². The van der Waals surface area contributed by atoms with Crippen LogP contribution in [0.15, 0.2) is 23.3 Å². The van der Waals surface area contributed by atoms with E-state index in [1.165, 1.54) is 11.1 Å². The fraction of sp³-hybridized carbons (Fsp3) is 0.615. The number of hydrogen-bond donors (Lipinski definition) is 0. The summed E-state index contributed by atoms with van der Waals surface area (Å²) >= 11 is 0. The first kappa shape index (κ1) is 13.2. The SMILES string of the molecule is C/C=C(/CCC=C(C)C)CCCC=O. The Morgan fingerprint density at radius 3 is 2.36 bits per heavy atom. The summed E-state index contributed by atoms with van der Waals surface area (Å²) < 4.78 is 0. The molecule has 0 N–H and O–H groups in total. The van der Waals surface area contributed by atoms with Crippen molar-refractivity contribution in [3.8, 4) is 0 Å². The van der Waals surface area contributed by atoms with E-state index in [1.54, 1.807) is 0 Å². The molecular weight excluding hydrogens is 172 g/mol. The third-order valence-electron chi connectivity index (χ3n) is 2.25. The maximum atomic E-state index is 10.1. The van der Waals surface area contributed by atoms with Crippen molar-refractivity contribution >= 4 is 6.29 Å². The summed E-state index contributed by atoms with van der Waals surface area (Å²) in [6, 6.07) is 0. The second kappa shape index (κ2) is 8.74. The molecule has 1 heteroatoms. The van der Waals surface area contributed by atoms with E-state index in [4.69, 9.17) is 0 Å². The summed E-state index contributed by atoms with van der Waals surface area (Å²) in [4.78, 5) is 10.1. The normalized spacial score (nSPS) is 11.2. The Bertz CT molecular complexity index is 207. The predicted octanol–water partition coefficient (Wildman–Crippen LogP) is 4.05. The molecule has 0 aliphatic rings. The van der Waals surface area contributed by atoms with Crippen LogP contribution in [0, 0.1) is 0 Å². The van der Waals surface area contributed by atoms with Crippen LogP contribution in [0.1, 0.15) is 52.9 Å². The third-order valence-corrected chi connectivity index (χ3v) is 2.25. The fourth-order valence-electron chi connectivity index (χ4n) is 1.37. The molecule has 0 fully saturated rings. The van der Waals surface area contributed by atoms with Crippen LogP contribution in [0.3, 0.4) is 0 Å². The molecule has 0 unspecified atom stereocenters. The average Bonchev–Trinajstić information content (AvgIpc) is 2.15. The van der Waals surface area contributed by atoms with E-state index in [0.29, 0.717) is 6.42 Å². The first-order chi connectivity index (χ1) is 6.70. The van der Waals surface area contributed by atoms with Crippen LogP contribution < -0.4 is 0 Å². The average molecular weight is 194 g/mol. The summed E-state index contributed by atoms with van der Waals surface area (Å²) in [5.41, 5.74) is 2.86. The molecule has 0 saturated carbocycles. The first-order valence-corrected chi connectivity index (χ1v) is 5.41. The molecule has 0 aliphatic carbocycles. The highest BCUT2D eigenvalue weighted by atomic mass is 16.1. The standard InChI is InChI=1S/C13H22O/c1-4-13(9-5-6-11-14)10-7-8-12(2)3/h4,8,11H,5-7,9-10H2,1-3H3/b13-4+. The van der Waals surface area contributed by atoms with Crippen LogP contribution >= 0.6 is 0 Å². The number of allylic oxidation sites excluding steroid dienone is 4. The molecule has 1 nitrogen and oxygen atoms in total. The Hall–Kier alpha value is -0.850. The van der Waals surface area contributed by atoms with Crippen LogP contribution in [-0.2, 0) is 4.79 Å². The Kier molecular flexibility index (Phi) is 8.20. The lowest BCUT2D eigenvalue weighted by Crippen LogP contribution is -1.85. The minimum Gasteiger partial charge on any atom is -0.303 e. The van der Waals surface area contributed by atoms with Crippen molar-refractivity contribution in [3.63, 3.8) is 0 Å². The Labute approximate surface area is 87.9 Å². The first-order valence-electron chi connectivity index (χ1n) is 5.41. The monoisotopic (exact) mass is 194 g/mol. The summed E-state index contributed by atoms with van der Waals surface area (Å²) in [6.07, 6.45) is 10.5. The number of hydrogen-bond acceptors (Lipinski definition) is 1. The quantitative estimate of drug-likeness (QED) is 0.339. The van der Waals surface area contributed by atoms with Crippen LogP contribution in [0.5, 0.6) is 0 Å². The molecule has 80 valence electrons. The predicted molar refractivity (Wildman–Crippen MR) is 62.3 cm³/mol. The van der Waals surface area contributed by atoms with Gasteiger partial charge in [0.25, 0.3) is 0 Å². The van der Waals surface area contributed by atoms with E-state index in [9.17, 15) is 4.79 Å². The number of unbranched alkanes of at least 4 members (excludes halogenated alkanes) is 1. The molecule has 0 bridgehead atoms. The molecule has 0 aliphatic heterocycles. The van der Waals surface area contributed by atoms with Crippen molar-refractivity contribution in [1.82, 2.24) is 0 Å². The summed E-state index contributed by atoms with van der Waals surface area (Å²) in [5.74, 6) is 0. The van der Waals surface area contributed by atoms with E-state index >= 15 is 0 Å². The molecule has 0 atom stereocenters. The molecule has 0 heterocycles. The van der Waals surface area contributed by atoms with Gasteiger partial charge in [0, 0.05) is 6.42 Å². The van der Waals surface area contributed by atoms with Crippen molar-refractivity contribution in [2.75, 3.05) is 0 Å². The topological polar surface area (TPSA) is 17.1 Å². The molecular formula is C13H22O. The molecule has 0 aromatic rings. The molecule has 0 amide bonds. The third kappa shape index (κ3) is 7.78. The fourth-order valence-corrected chi connectivity index (χ4v) is 1.37. The number of carbonyl (C=O) groups is 1. The summed E-state index contributed by atoms with van der Waals surface area (Å²) in [7, 11) is 0. The highest BCUT2D eigenvalue weighted by molar-refractivity contribution is 5.49. The maximum absolute atomic E-state index is 10.1. The van der Waals surface area contributed by atoms with Crippen LogP contribution in [0.4, 0.5) is 0 Å². The minimum absolute atomic E-state index is 0.694. The van der Waals surface area contributed by atoms with Crippen molar-refractivity contribution in [1.29, 1.82) is 0 Å². The lowest BCUT2D eigenvalue weighted by molar-refractivity contribution is -0.107. The van der Waals surface area contributed by atoms with E-state index < -0.39 is 0 Å². The van der Waals surface area contributed by atoms with Gasteiger partial charge in [-0.05, 0) is 46.5 Å². The largest absolute Gasteiger partial charge is 0.303 e. The summed E-state index contributed by atoms with van der Waals surface area (Å²) in [6.45, 7) is 6.34. The zero-order valence-electron chi connectivity index (χ0n) is 9.68. The second-order valence-corrected chi connectivity index (χ2v) is 3.83. The van der Waals surface area contributed by atoms with Gasteiger partial charge < -0.3 is 4.79 Å². The number of rotatable bonds is 7. The maximum Gasteiger partial charge on any atom is 0.120 e. The van der Waals surface area contributed by atoms with Crippen molar-refractivity contribution < 1.29 is 4.79 Å². The van der Waals surface area contributed by atoms with Gasteiger partial charge in [-0.2, -0.15) is 0 Å². The summed E-state index contributed by atoms with van der Waals surface area (Å²) in [5, 5.41) is 0. The van der Waals surface area contributed by atoms with E-state index in [1.807, 2.05) is 0 Å². The van der Waals surface area contributed by atoms with Gasteiger partial charge >= 0.3 is 0 Å². The Morgan fingerprint density at radius 2 is 1.86 bits per heavy atom. The smallest absolute Gasteiger partial charge is 0.120 e. The molecule has 0 spiro atoms. The second-order valence-electron chi connectivity index (χ2n) is 3.83. The van der Waals surface area contributed by atoms with Crippen molar-refractivity contribution in [2.45, 2.75) is 52.9 Å². The molecule has 0 saturated heterocycles. The van der Waals surface area contributed by atoms with Gasteiger partial charge in [0.2, 0.25) is 0 Å². The van der Waals surface area contributed by atoms with Gasteiger partial charge in [-0.15, -0.1) is 0 Å². The van der Waals surface area contributed by atoms with Gasteiger partial charge in [0.1, 0.15) is 6.29 Å². The highest BCUT2D eigenvalue weighted by Gasteiger charge is 1.95. The highest BCUT2D eigenvalue weighted by Crippen LogP contribution is 2.14. The molecule has 14 heavy (non-hydrogen) atoms. The van der Waals surface area contributed by atoms with Gasteiger partial charge in [-0.3, -0.25) is 0 Å². The van der Waals surface area contributed by atoms with Gasteiger partial charge in [-0.1, -0.05) is 23.3 Å². The zero-order chi connectivity index (χ0) is 10.8. The van der Waals surface area contributed by atoms with E-state index in [0.717, 1.165) is 32.0 Å². The van der Waals surface area contributed by atoms with Crippen LogP contribution in [-0.4, -0.2) is 6.29 Å². The zero-order valence-corrected chi connectivity index (χ0v) is 9.68. The van der Waals surface area contributed by atoms with Gasteiger partial charge in [0.05, 0.1) is 0 Å². The Morgan fingerprint density at radius 1 is 1.14 bits per heavy atom. The van der Waals surface area contributed by atoms with Crippen molar-refractivity contribution in [2.24, 2.45) is 0 Å². The van der Waals surface area contributed by atoms with Gasteiger partial charge in [0.15, 0.2) is 0 Å². The molecule has 0 radical (unpaired) electrons. The number of aldehydes is 1. The number of carbonyl (C=O) groups excluding carboxylic acids is 1. The molecule has 0 aromatic carbocycles. The van der Waals surface area contributed by atoms with E-state index in [-0.39, 0.29) is 0 Å². The lowest BCUT2D eigenvalue weighted by Gasteiger charge is -2.03. The van der Waals surface area contributed by atoms with Crippen LogP contribution in [0.25, 0.3) is 0 Å². The Balaban J connectivity index is 3.70. The minimum atomic E-state index is 0.694. The molecule has 0 aromatic heterocycles. The van der Waals surface area contributed by atoms with Crippen LogP contribution in [0.2, 0.25) is 0 Å². The lowest BCUT2D eigenvalue weighted by atomic mass is 10.0. The molecule has 0 rings (SSSR count).